The fourth-order valence-corrected chi connectivity index (χ4v) is 3.97. The van der Waals surface area contributed by atoms with E-state index in [1.165, 1.54) is 35.9 Å². The summed E-state index contributed by atoms with van der Waals surface area (Å²) in [4.78, 5) is 13.9. The molecule has 2 aromatic rings. The molecule has 0 atom stereocenters. The molecule has 2 heterocycles. The normalized spacial score (nSPS) is 16.1. The summed E-state index contributed by atoms with van der Waals surface area (Å²) < 4.78 is 0. The number of nitrogens with zero attached hydrogens (tertiary/aromatic N) is 3. The smallest absolute Gasteiger partial charge is 0.141 e. The summed E-state index contributed by atoms with van der Waals surface area (Å²) >= 11 is 1.75. The lowest BCUT2D eigenvalue weighted by atomic mass is 10.2. The van der Waals surface area contributed by atoms with Gasteiger partial charge in [0.2, 0.25) is 0 Å². The van der Waals surface area contributed by atoms with Crippen LogP contribution in [0.4, 0.5) is 5.82 Å². The van der Waals surface area contributed by atoms with Crippen LogP contribution in [0.2, 0.25) is 0 Å². The van der Waals surface area contributed by atoms with Gasteiger partial charge in [0.15, 0.2) is 0 Å². The third-order valence-electron chi connectivity index (χ3n) is 4.07. The first kappa shape index (κ1) is 13.8. The van der Waals surface area contributed by atoms with Gasteiger partial charge in [-0.1, -0.05) is 12.8 Å². The SMILES string of the molecule is Cc1cc2c(N(CCCN)C3CCCC3)ncnc2s1. The van der Waals surface area contributed by atoms with Crippen LogP contribution in [-0.4, -0.2) is 29.1 Å². The maximum Gasteiger partial charge on any atom is 0.141 e. The second-order valence-electron chi connectivity index (χ2n) is 5.55. The molecule has 0 amide bonds. The standard InChI is InChI=1S/C15H22N4S/c1-11-9-13-14(17-10-18-15(13)20-11)19(8-4-7-16)12-5-2-3-6-12/h9-10,12H,2-8,16H2,1H3. The summed E-state index contributed by atoms with van der Waals surface area (Å²) in [6.07, 6.45) is 7.95. The Morgan fingerprint density at radius 1 is 1.35 bits per heavy atom. The first-order valence-electron chi connectivity index (χ1n) is 7.47. The van der Waals surface area contributed by atoms with Gasteiger partial charge in [0.05, 0.1) is 5.39 Å². The van der Waals surface area contributed by atoms with Gasteiger partial charge in [-0.3, -0.25) is 0 Å². The van der Waals surface area contributed by atoms with Crippen LogP contribution in [0.1, 0.15) is 37.0 Å². The number of aryl methyl sites for hydroxylation is 1. The van der Waals surface area contributed by atoms with Gasteiger partial charge in [-0.05, 0) is 38.8 Å². The van der Waals surface area contributed by atoms with Crippen LogP contribution in [-0.2, 0) is 0 Å². The van der Waals surface area contributed by atoms with Gasteiger partial charge in [-0.25, -0.2) is 9.97 Å². The van der Waals surface area contributed by atoms with Crippen molar-refractivity contribution in [3.8, 4) is 0 Å². The molecule has 3 rings (SSSR count). The van der Waals surface area contributed by atoms with Crippen LogP contribution >= 0.6 is 11.3 Å². The molecular formula is C15H22N4S. The Labute approximate surface area is 124 Å². The van der Waals surface area contributed by atoms with Crippen LogP contribution < -0.4 is 10.6 Å². The number of aromatic nitrogens is 2. The van der Waals surface area contributed by atoms with E-state index in [0.717, 1.165) is 30.2 Å². The van der Waals surface area contributed by atoms with E-state index in [4.69, 9.17) is 5.73 Å². The van der Waals surface area contributed by atoms with Crippen molar-refractivity contribution in [2.75, 3.05) is 18.0 Å². The van der Waals surface area contributed by atoms with Crippen molar-refractivity contribution in [3.05, 3.63) is 17.3 Å². The molecule has 0 aliphatic heterocycles. The fraction of sp³-hybridized carbons (Fsp3) is 0.600. The van der Waals surface area contributed by atoms with Crippen LogP contribution in [0.5, 0.6) is 0 Å². The van der Waals surface area contributed by atoms with Crippen LogP contribution in [0.3, 0.4) is 0 Å². The minimum absolute atomic E-state index is 0.625. The molecule has 2 aromatic heterocycles. The summed E-state index contributed by atoms with van der Waals surface area (Å²) in [5.74, 6) is 1.11. The molecule has 1 aliphatic rings. The summed E-state index contributed by atoms with van der Waals surface area (Å²) in [6.45, 7) is 3.87. The van der Waals surface area contributed by atoms with E-state index >= 15 is 0 Å². The van der Waals surface area contributed by atoms with Gasteiger partial charge < -0.3 is 10.6 Å². The van der Waals surface area contributed by atoms with Gasteiger partial charge in [-0.15, -0.1) is 11.3 Å². The third-order valence-corrected chi connectivity index (χ3v) is 5.03. The Bertz CT molecular complexity index is 574. The Morgan fingerprint density at radius 2 is 2.15 bits per heavy atom. The molecule has 20 heavy (non-hydrogen) atoms. The molecule has 0 radical (unpaired) electrons. The molecule has 2 N–H and O–H groups in total. The predicted molar refractivity (Wildman–Crippen MR) is 85.4 cm³/mol. The van der Waals surface area contributed by atoms with Crippen molar-refractivity contribution in [1.29, 1.82) is 0 Å². The molecule has 108 valence electrons. The molecule has 0 aromatic carbocycles. The highest BCUT2D eigenvalue weighted by atomic mass is 32.1. The topological polar surface area (TPSA) is 55.0 Å². The number of thiophene rings is 1. The van der Waals surface area contributed by atoms with E-state index in [2.05, 4.69) is 27.9 Å². The van der Waals surface area contributed by atoms with Crippen molar-refractivity contribution < 1.29 is 0 Å². The lowest BCUT2D eigenvalue weighted by Gasteiger charge is -2.30. The zero-order valence-electron chi connectivity index (χ0n) is 12.0. The van der Waals surface area contributed by atoms with Crippen molar-refractivity contribution in [2.45, 2.75) is 45.1 Å². The lowest BCUT2D eigenvalue weighted by molar-refractivity contribution is 0.588. The van der Waals surface area contributed by atoms with Gasteiger partial charge >= 0.3 is 0 Å². The summed E-state index contributed by atoms with van der Waals surface area (Å²) in [7, 11) is 0. The quantitative estimate of drug-likeness (QED) is 0.919. The van der Waals surface area contributed by atoms with Gasteiger partial charge in [0, 0.05) is 17.5 Å². The molecule has 1 aliphatic carbocycles. The highest BCUT2D eigenvalue weighted by Crippen LogP contribution is 2.34. The van der Waals surface area contributed by atoms with E-state index in [9.17, 15) is 0 Å². The molecule has 1 fully saturated rings. The number of rotatable bonds is 5. The molecule has 0 bridgehead atoms. The molecule has 0 saturated heterocycles. The van der Waals surface area contributed by atoms with Gasteiger partial charge in [0.1, 0.15) is 17.0 Å². The summed E-state index contributed by atoms with van der Waals surface area (Å²) in [5, 5.41) is 1.21. The molecule has 0 spiro atoms. The number of fused-ring (bicyclic) bond motifs is 1. The van der Waals surface area contributed by atoms with Crippen LogP contribution in [0.25, 0.3) is 10.2 Å². The van der Waals surface area contributed by atoms with E-state index < -0.39 is 0 Å². The van der Waals surface area contributed by atoms with Crippen molar-refractivity contribution in [1.82, 2.24) is 9.97 Å². The molecule has 5 heteroatoms. The highest BCUT2D eigenvalue weighted by molar-refractivity contribution is 7.18. The average Bonchev–Trinajstić information content (AvgIpc) is 3.07. The third kappa shape index (κ3) is 2.65. The maximum absolute atomic E-state index is 5.71. The predicted octanol–water partition coefficient (Wildman–Crippen LogP) is 3.10. The van der Waals surface area contributed by atoms with E-state index in [0.29, 0.717) is 6.04 Å². The maximum atomic E-state index is 5.71. The minimum Gasteiger partial charge on any atom is -0.353 e. The Balaban J connectivity index is 1.98. The largest absolute Gasteiger partial charge is 0.353 e. The molecular weight excluding hydrogens is 268 g/mol. The minimum atomic E-state index is 0.625. The highest BCUT2D eigenvalue weighted by Gasteiger charge is 2.25. The lowest BCUT2D eigenvalue weighted by Crippen LogP contribution is -2.35. The number of anilines is 1. The second-order valence-corrected chi connectivity index (χ2v) is 6.78. The van der Waals surface area contributed by atoms with Gasteiger partial charge in [-0.2, -0.15) is 0 Å². The first-order valence-corrected chi connectivity index (χ1v) is 8.29. The van der Waals surface area contributed by atoms with Crippen molar-refractivity contribution in [2.24, 2.45) is 5.73 Å². The second kappa shape index (κ2) is 6.06. The summed E-state index contributed by atoms with van der Waals surface area (Å²) in [5.41, 5.74) is 5.71. The Kier molecular flexibility index (Phi) is 4.17. The molecule has 0 unspecified atom stereocenters. The van der Waals surface area contributed by atoms with Crippen molar-refractivity contribution in [3.63, 3.8) is 0 Å². The summed E-state index contributed by atoms with van der Waals surface area (Å²) in [6, 6.07) is 2.85. The Morgan fingerprint density at radius 3 is 2.90 bits per heavy atom. The number of hydrogen-bond acceptors (Lipinski definition) is 5. The van der Waals surface area contributed by atoms with E-state index in [1.54, 1.807) is 17.7 Å². The van der Waals surface area contributed by atoms with Gasteiger partial charge in [0.25, 0.3) is 0 Å². The zero-order chi connectivity index (χ0) is 13.9. The average molecular weight is 290 g/mol. The van der Waals surface area contributed by atoms with E-state index in [-0.39, 0.29) is 0 Å². The zero-order valence-corrected chi connectivity index (χ0v) is 12.8. The van der Waals surface area contributed by atoms with E-state index in [1.807, 2.05) is 0 Å². The van der Waals surface area contributed by atoms with Crippen LogP contribution in [0.15, 0.2) is 12.4 Å². The van der Waals surface area contributed by atoms with Crippen molar-refractivity contribution >= 4 is 27.4 Å². The number of nitrogens with two attached hydrogens (primary N) is 1. The molecule has 1 saturated carbocycles. The number of hydrogen-bond donors (Lipinski definition) is 1. The Hall–Kier alpha value is -1.20. The molecule has 4 nitrogen and oxygen atoms in total. The monoisotopic (exact) mass is 290 g/mol. The fourth-order valence-electron chi connectivity index (χ4n) is 3.13. The first-order chi connectivity index (χ1) is 9.79. The van der Waals surface area contributed by atoms with Crippen LogP contribution in [0, 0.1) is 6.92 Å².